The predicted octanol–water partition coefficient (Wildman–Crippen LogP) is 2.16. The molecular formula is C21H32N6O3. The Balaban J connectivity index is 1.53. The molecule has 1 aromatic heterocycles. The van der Waals surface area contributed by atoms with Gasteiger partial charge in [0.25, 0.3) is 0 Å². The fourth-order valence-electron chi connectivity index (χ4n) is 3.46. The summed E-state index contributed by atoms with van der Waals surface area (Å²) in [6.07, 6.45) is 2.63. The van der Waals surface area contributed by atoms with Gasteiger partial charge in [0, 0.05) is 62.5 Å². The number of aromatic nitrogens is 2. The van der Waals surface area contributed by atoms with Crippen molar-refractivity contribution in [2.75, 3.05) is 45.3 Å². The van der Waals surface area contributed by atoms with Crippen molar-refractivity contribution in [3.05, 3.63) is 29.9 Å². The number of nitrogens with one attached hydrogen (secondary N) is 2. The molecule has 1 atom stereocenters. The van der Waals surface area contributed by atoms with Crippen LogP contribution in [0.3, 0.4) is 0 Å². The Labute approximate surface area is 177 Å². The monoisotopic (exact) mass is 416 g/mol. The molecule has 0 spiro atoms. The van der Waals surface area contributed by atoms with E-state index in [2.05, 4.69) is 32.6 Å². The SMILES string of the molecule is CCNC(=NCCCc1nc(C)no1)NC1CCN(c2cc(OC)cc(OC)c2)C1. The number of hydrogen-bond acceptors (Lipinski definition) is 7. The first-order chi connectivity index (χ1) is 14.6. The molecule has 164 valence electrons. The average molecular weight is 417 g/mol. The summed E-state index contributed by atoms with van der Waals surface area (Å²) in [5, 5.41) is 10.7. The summed E-state index contributed by atoms with van der Waals surface area (Å²) in [5.74, 6) is 3.78. The number of aliphatic imine (C=N–C) groups is 1. The number of nitrogens with zero attached hydrogens (tertiary/aromatic N) is 4. The van der Waals surface area contributed by atoms with Gasteiger partial charge in [-0.2, -0.15) is 4.98 Å². The smallest absolute Gasteiger partial charge is 0.226 e. The maximum absolute atomic E-state index is 5.40. The van der Waals surface area contributed by atoms with Gasteiger partial charge >= 0.3 is 0 Å². The van der Waals surface area contributed by atoms with Crippen LogP contribution >= 0.6 is 0 Å². The summed E-state index contributed by atoms with van der Waals surface area (Å²) in [6.45, 7) is 7.26. The first-order valence-corrected chi connectivity index (χ1v) is 10.4. The highest BCUT2D eigenvalue weighted by atomic mass is 16.5. The lowest BCUT2D eigenvalue weighted by Crippen LogP contribution is -2.44. The Morgan fingerprint density at radius 3 is 2.67 bits per heavy atom. The molecule has 2 heterocycles. The molecule has 0 amide bonds. The maximum Gasteiger partial charge on any atom is 0.226 e. The highest BCUT2D eigenvalue weighted by molar-refractivity contribution is 5.80. The molecule has 3 rings (SSSR count). The van der Waals surface area contributed by atoms with Crippen molar-refractivity contribution in [1.29, 1.82) is 0 Å². The van der Waals surface area contributed by atoms with Crippen molar-refractivity contribution >= 4 is 11.6 Å². The normalized spacial score (nSPS) is 16.6. The summed E-state index contributed by atoms with van der Waals surface area (Å²) in [6, 6.07) is 6.30. The van der Waals surface area contributed by atoms with Crippen LogP contribution in [0.15, 0.2) is 27.7 Å². The molecule has 30 heavy (non-hydrogen) atoms. The van der Waals surface area contributed by atoms with E-state index in [1.54, 1.807) is 14.2 Å². The summed E-state index contributed by atoms with van der Waals surface area (Å²) >= 11 is 0. The zero-order valence-electron chi connectivity index (χ0n) is 18.3. The van der Waals surface area contributed by atoms with Crippen LogP contribution in [0.25, 0.3) is 0 Å². The topological polar surface area (TPSA) is 97.0 Å². The highest BCUT2D eigenvalue weighted by Crippen LogP contribution is 2.30. The highest BCUT2D eigenvalue weighted by Gasteiger charge is 2.24. The summed E-state index contributed by atoms with van der Waals surface area (Å²) in [7, 11) is 3.34. The summed E-state index contributed by atoms with van der Waals surface area (Å²) < 4.78 is 16.0. The first-order valence-electron chi connectivity index (χ1n) is 10.4. The van der Waals surface area contributed by atoms with E-state index in [1.807, 2.05) is 25.1 Å². The third-order valence-electron chi connectivity index (χ3n) is 4.96. The Morgan fingerprint density at radius 2 is 2.03 bits per heavy atom. The van der Waals surface area contributed by atoms with E-state index in [0.29, 0.717) is 24.3 Å². The first kappa shape index (κ1) is 21.7. The second kappa shape index (κ2) is 10.7. The number of benzene rings is 1. The molecule has 0 saturated carbocycles. The van der Waals surface area contributed by atoms with Gasteiger partial charge in [0.05, 0.1) is 14.2 Å². The molecule has 1 unspecified atom stereocenters. The predicted molar refractivity (Wildman–Crippen MR) is 117 cm³/mol. The minimum Gasteiger partial charge on any atom is -0.497 e. The van der Waals surface area contributed by atoms with E-state index < -0.39 is 0 Å². The maximum atomic E-state index is 5.40. The van der Waals surface area contributed by atoms with Gasteiger partial charge in [-0.3, -0.25) is 4.99 Å². The molecule has 1 aliphatic rings. The molecule has 0 aliphatic carbocycles. The van der Waals surface area contributed by atoms with E-state index in [1.165, 1.54) is 0 Å². The van der Waals surface area contributed by atoms with Gasteiger partial charge in [-0.15, -0.1) is 0 Å². The average Bonchev–Trinajstić information content (AvgIpc) is 3.39. The fourth-order valence-corrected chi connectivity index (χ4v) is 3.46. The minimum absolute atomic E-state index is 0.318. The number of guanidine groups is 1. The van der Waals surface area contributed by atoms with E-state index >= 15 is 0 Å². The van der Waals surface area contributed by atoms with Gasteiger partial charge in [-0.25, -0.2) is 0 Å². The van der Waals surface area contributed by atoms with Crippen molar-refractivity contribution < 1.29 is 14.0 Å². The van der Waals surface area contributed by atoms with Crippen LogP contribution in [0, 0.1) is 6.92 Å². The van der Waals surface area contributed by atoms with E-state index in [4.69, 9.17) is 19.0 Å². The zero-order chi connectivity index (χ0) is 21.3. The lowest BCUT2D eigenvalue weighted by molar-refractivity contribution is 0.372. The second-order valence-corrected chi connectivity index (χ2v) is 7.25. The van der Waals surface area contributed by atoms with E-state index in [-0.39, 0.29) is 0 Å². The fraction of sp³-hybridized carbons (Fsp3) is 0.571. The van der Waals surface area contributed by atoms with Gasteiger partial charge in [0.15, 0.2) is 11.8 Å². The van der Waals surface area contributed by atoms with E-state index in [0.717, 1.165) is 62.0 Å². The molecule has 0 bridgehead atoms. The van der Waals surface area contributed by atoms with Crippen molar-refractivity contribution in [3.8, 4) is 11.5 Å². The Hall–Kier alpha value is -2.97. The second-order valence-electron chi connectivity index (χ2n) is 7.25. The minimum atomic E-state index is 0.318. The largest absolute Gasteiger partial charge is 0.497 e. The number of methoxy groups -OCH3 is 2. The number of hydrogen-bond donors (Lipinski definition) is 2. The number of rotatable bonds is 9. The van der Waals surface area contributed by atoms with Gasteiger partial charge in [-0.1, -0.05) is 5.16 Å². The molecule has 9 nitrogen and oxygen atoms in total. The standard InChI is InChI=1S/C21H32N6O3/c1-5-22-21(23-9-6-7-20-24-15(2)26-30-20)25-16-8-10-27(14-16)17-11-18(28-3)13-19(12-17)29-4/h11-13,16H,5-10,14H2,1-4H3,(H2,22,23,25). The molecule has 1 fully saturated rings. The third kappa shape index (κ3) is 6.01. The summed E-state index contributed by atoms with van der Waals surface area (Å²) in [4.78, 5) is 11.3. The van der Waals surface area contributed by atoms with Crippen molar-refractivity contribution in [2.24, 2.45) is 4.99 Å². The van der Waals surface area contributed by atoms with Crippen molar-refractivity contribution in [1.82, 2.24) is 20.8 Å². The van der Waals surface area contributed by atoms with Gasteiger partial charge in [0.1, 0.15) is 11.5 Å². The molecule has 9 heteroatoms. The zero-order valence-corrected chi connectivity index (χ0v) is 18.3. The third-order valence-corrected chi connectivity index (χ3v) is 4.96. The van der Waals surface area contributed by atoms with Crippen LogP contribution in [-0.2, 0) is 6.42 Å². The number of anilines is 1. The van der Waals surface area contributed by atoms with Crippen molar-refractivity contribution in [2.45, 2.75) is 39.2 Å². The van der Waals surface area contributed by atoms with Crippen LogP contribution in [0.1, 0.15) is 31.5 Å². The Kier molecular flexibility index (Phi) is 7.75. The van der Waals surface area contributed by atoms with Crippen LogP contribution < -0.4 is 25.0 Å². The summed E-state index contributed by atoms with van der Waals surface area (Å²) in [5.41, 5.74) is 1.10. The number of ether oxygens (including phenoxy) is 2. The van der Waals surface area contributed by atoms with Crippen LogP contribution in [0.2, 0.25) is 0 Å². The van der Waals surface area contributed by atoms with Crippen molar-refractivity contribution in [3.63, 3.8) is 0 Å². The Morgan fingerprint density at radius 1 is 1.27 bits per heavy atom. The molecule has 0 radical (unpaired) electrons. The van der Waals surface area contributed by atoms with E-state index in [9.17, 15) is 0 Å². The number of aryl methyl sites for hydroxylation is 2. The molecule has 1 aromatic carbocycles. The van der Waals surface area contributed by atoms with Gasteiger partial charge < -0.3 is 29.5 Å². The molecule has 1 aliphatic heterocycles. The van der Waals surface area contributed by atoms with Gasteiger partial charge in [0.2, 0.25) is 5.89 Å². The molecule has 2 N–H and O–H groups in total. The van der Waals surface area contributed by atoms with Crippen LogP contribution in [0.4, 0.5) is 5.69 Å². The Bertz CT molecular complexity index is 816. The molecular weight excluding hydrogens is 384 g/mol. The lowest BCUT2D eigenvalue weighted by Gasteiger charge is -2.21. The van der Waals surface area contributed by atoms with Crippen LogP contribution in [0.5, 0.6) is 11.5 Å². The molecule has 1 saturated heterocycles. The van der Waals surface area contributed by atoms with Crippen LogP contribution in [-0.4, -0.2) is 62.5 Å². The van der Waals surface area contributed by atoms with Gasteiger partial charge in [-0.05, 0) is 26.7 Å². The lowest BCUT2D eigenvalue weighted by atomic mass is 10.2. The molecule has 2 aromatic rings. The quantitative estimate of drug-likeness (QED) is 0.365.